The molecule has 0 bridgehead atoms. The van der Waals surface area contributed by atoms with Gasteiger partial charge in [-0.25, -0.2) is 8.78 Å². The first-order chi connectivity index (χ1) is 9.52. The average molecular weight is 340 g/mol. The molecule has 0 aliphatic rings. The summed E-state index contributed by atoms with van der Waals surface area (Å²) in [7, 11) is 0. The van der Waals surface area contributed by atoms with Gasteiger partial charge in [0.1, 0.15) is 11.6 Å². The second-order valence-electron chi connectivity index (χ2n) is 4.65. The Hall–Kier alpha value is -1.26. The van der Waals surface area contributed by atoms with Gasteiger partial charge in [-0.15, -0.1) is 0 Å². The van der Waals surface area contributed by atoms with Crippen LogP contribution in [0.5, 0.6) is 0 Å². The second-order valence-corrected chi connectivity index (χ2v) is 5.50. The van der Waals surface area contributed by atoms with E-state index in [1.54, 1.807) is 0 Å². The Bertz CT molecular complexity index is 593. The first-order valence-corrected chi connectivity index (χ1v) is 7.26. The Kier molecular flexibility index (Phi) is 4.89. The van der Waals surface area contributed by atoms with E-state index in [0.29, 0.717) is 12.1 Å². The molecule has 4 heteroatoms. The zero-order valence-corrected chi connectivity index (χ0v) is 13.0. The van der Waals surface area contributed by atoms with E-state index in [1.165, 1.54) is 12.1 Å². The lowest BCUT2D eigenvalue weighted by Crippen LogP contribution is -2.23. The average Bonchev–Trinajstić information content (AvgIpc) is 2.38. The fourth-order valence-corrected chi connectivity index (χ4v) is 2.67. The Morgan fingerprint density at radius 1 is 1.15 bits per heavy atom. The van der Waals surface area contributed by atoms with Crippen LogP contribution in [-0.4, -0.2) is 6.54 Å². The highest BCUT2D eigenvalue weighted by Gasteiger charge is 2.17. The largest absolute Gasteiger partial charge is 0.307 e. The maximum atomic E-state index is 13.4. The molecule has 1 unspecified atom stereocenters. The minimum absolute atomic E-state index is 0.234. The van der Waals surface area contributed by atoms with Gasteiger partial charge in [-0.05, 0) is 48.4 Å². The lowest BCUT2D eigenvalue weighted by atomic mass is 9.95. The van der Waals surface area contributed by atoms with Crippen molar-refractivity contribution < 1.29 is 8.78 Å². The topological polar surface area (TPSA) is 12.0 Å². The molecule has 0 radical (unpaired) electrons. The molecular formula is C16H16BrF2N. The predicted molar refractivity (Wildman–Crippen MR) is 80.8 cm³/mol. The summed E-state index contributed by atoms with van der Waals surface area (Å²) in [5.41, 5.74) is 2.65. The van der Waals surface area contributed by atoms with Crippen LogP contribution >= 0.6 is 15.9 Å². The standard InChI is InChI=1S/C16H16BrF2N/c1-3-20-16(11-7-12(18)9-13(19)8-11)14-5-4-6-15(17)10(14)2/h4-9,16,20H,3H2,1-2H3. The maximum Gasteiger partial charge on any atom is 0.126 e. The Morgan fingerprint density at radius 3 is 2.40 bits per heavy atom. The van der Waals surface area contributed by atoms with E-state index in [-0.39, 0.29) is 6.04 Å². The van der Waals surface area contributed by atoms with Crippen LogP contribution in [-0.2, 0) is 0 Å². The van der Waals surface area contributed by atoms with Crippen LogP contribution in [0.1, 0.15) is 29.7 Å². The summed E-state index contributed by atoms with van der Waals surface area (Å²) < 4.78 is 27.9. The SMILES string of the molecule is CCNC(c1cc(F)cc(F)c1)c1cccc(Br)c1C. The number of nitrogens with one attached hydrogen (secondary N) is 1. The van der Waals surface area contributed by atoms with E-state index in [2.05, 4.69) is 21.2 Å². The van der Waals surface area contributed by atoms with Crippen LogP contribution in [0.2, 0.25) is 0 Å². The van der Waals surface area contributed by atoms with Gasteiger partial charge in [-0.3, -0.25) is 0 Å². The first kappa shape index (κ1) is 15.1. The van der Waals surface area contributed by atoms with E-state index in [9.17, 15) is 8.78 Å². The van der Waals surface area contributed by atoms with Gasteiger partial charge in [-0.2, -0.15) is 0 Å². The molecule has 1 atom stereocenters. The molecule has 0 aliphatic heterocycles. The van der Waals surface area contributed by atoms with Crippen LogP contribution in [0.15, 0.2) is 40.9 Å². The predicted octanol–water partition coefficient (Wildman–Crippen LogP) is 4.73. The molecule has 2 aromatic carbocycles. The van der Waals surface area contributed by atoms with Crippen molar-refractivity contribution in [1.29, 1.82) is 0 Å². The molecule has 106 valence electrons. The lowest BCUT2D eigenvalue weighted by molar-refractivity contribution is 0.564. The number of hydrogen-bond donors (Lipinski definition) is 1. The monoisotopic (exact) mass is 339 g/mol. The molecule has 1 N–H and O–H groups in total. The van der Waals surface area contributed by atoms with E-state index >= 15 is 0 Å². The van der Waals surface area contributed by atoms with E-state index in [4.69, 9.17) is 0 Å². The highest BCUT2D eigenvalue weighted by atomic mass is 79.9. The van der Waals surface area contributed by atoms with Crippen molar-refractivity contribution in [2.24, 2.45) is 0 Å². The summed E-state index contributed by atoms with van der Waals surface area (Å²) in [6, 6.07) is 9.24. The molecule has 2 aromatic rings. The summed E-state index contributed by atoms with van der Waals surface area (Å²) in [6.07, 6.45) is 0. The van der Waals surface area contributed by atoms with Crippen molar-refractivity contribution in [2.45, 2.75) is 19.9 Å². The van der Waals surface area contributed by atoms with Crippen LogP contribution < -0.4 is 5.32 Å². The molecule has 0 aliphatic carbocycles. The van der Waals surface area contributed by atoms with Crippen molar-refractivity contribution in [3.63, 3.8) is 0 Å². The first-order valence-electron chi connectivity index (χ1n) is 6.47. The molecule has 0 saturated heterocycles. The Labute approximate surface area is 126 Å². The minimum atomic E-state index is -0.560. The van der Waals surface area contributed by atoms with Crippen molar-refractivity contribution in [2.75, 3.05) is 6.54 Å². The smallest absolute Gasteiger partial charge is 0.126 e. The number of halogens is 3. The maximum absolute atomic E-state index is 13.4. The second kappa shape index (κ2) is 6.46. The van der Waals surface area contributed by atoms with Gasteiger partial charge in [-0.1, -0.05) is 35.0 Å². The minimum Gasteiger partial charge on any atom is -0.307 e. The van der Waals surface area contributed by atoms with E-state index in [1.807, 2.05) is 32.0 Å². The molecule has 1 nitrogen and oxygen atoms in total. The highest BCUT2D eigenvalue weighted by Crippen LogP contribution is 2.29. The normalized spacial score (nSPS) is 12.4. The third-order valence-corrected chi connectivity index (χ3v) is 4.11. The summed E-state index contributed by atoms with van der Waals surface area (Å²) in [6.45, 7) is 4.66. The van der Waals surface area contributed by atoms with Crippen molar-refractivity contribution >= 4 is 15.9 Å². The van der Waals surface area contributed by atoms with E-state index < -0.39 is 11.6 Å². The third kappa shape index (κ3) is 3.25. The van der Waals surface area contributed by atoms with Gasteiger partial charge in [0, 0.05) is 10.5 Å². The molecule has 0 spiro atoms. The van der Waals surface area contributed by atoms with Gasteiger partial charge in [0.15, 0.2) is 0 Å². The van der Waals surface area contributed by atoms with Crippen LogP contribution in [0.25, 0.3) is 0 Å². The molecule has 20 heavy (non-hydrogen) atoms. The van der Waals surface area contributed by atoms with Crippen molar-refractivity contribution in [3.8, 4) is 0 Å². The fraction of sp³-hybridized carbons (Fsp3) is 0.250. The third-order valence-electron chi connectivity index (χ3n) is 3.25. The van der Waals surface area contributed by atoms with Crippen LogP contribution in [0.4, 0.5) is 8.78 Å². The van der Waals surface area contributed by atoms with Crippen molar-refractivity contribution in [3.05, 3.63) is 69.2 Å². The quantitative estimate of drug-likeness (QED) is 0.848. The zero-order chi connectivity index (χ0) is 14.7. The Morgan fingerprint density at radius 2 is 1.80 bits per heavy atom. The Balaban J connectivity index is 2.53. The summed E-state index contributed by atoms with van der Waals surface area (Å²) in [5, 5.41) is 3.28. The number of benzene rings is 2. The van der Waals surface area contributed by atoms with Gasteiger partial charge in [0.25, 0.3) is 0 Å². The molecule has 0 saturated carbocycles. The summed E-state index contributed by atoms with van der Waals surface area (Å²) in [5.74, 6) is -1.12. The van der Waals surface area contributed by atoms with Gasteiger partial charge < -0.3 is 5.32 Å². The lowest BCUT2D eigenvalue weighted by Gasteiger charge is -2.21. The summed E-state index contributed by atoms with van der Waals surface area (Å²) >= 11 is 3.49. The van der Waals surface area contributed by atoms with Gasteiger partial charge in [0.2, 0.25) is 0 Å². The molecule has 0 aromatic heterocycles. The highest BCUT2D eigenvalue weighted by molar-refractivity contribution is 9.10. The molecule has 2 rings (SSSR count). The zero-order valence-electron chi connectivity index (χ0n) is 11.4. The molecule has 0 heterocycles. The van der Waals surface area contributed by atoms with Gasteiger partial charge in [0.05, 0.1) is 6.04 Å². The fourth-order valence-electron chi connectivity index (χ4n) is 2.29. The molecule has 0 amide bonds. The molecular weight excluding hydrogens is 324 g/mol. The molecule has 0 fully saturated rings. The summed E-state index contributed by atoms with van der Waals surface area (Å²) in [4.78, 5) is 0. The van der Waals surface area contributed by atoms with Gasteiger partial charge >= 0.3 is 0 Å². The van der Waals surface area contributed by atoms with Crippen LogP contribution in [0.3, 0.4) is 0 Å². The van der Waals surface area contributed by atoms with Crippen LogP contribution in [0, 0.1) is 18.6 Å². The number of hydrogen-bond acceptors (Lipinski definition) is 1. The van der Waals surface area contributed by atoms with E-state index in [0.717, 1.165) is 21.7 Å². The number of rotatable bonds is 4. The van der Waals surface area contributed by atoms with Crippen molar-refractivity contribution in [1.82, 2.24) is 5.32 Å².